The van der Waals surface area contributed by atoms with E-state index in [2.05, 4.69) is 5.32 Å². The number of nitrogens with zero attached hydrogens (tertiary/aromatic N) is 1. The van der Waals surface area contributed by atoms with Gasteiger partial charge in [0.25, 0.3) is 5.91 Å². The van der Waals surface area contributed by atoms with Crippen LogP contribution in [0.5, 0.6) is 0 Å². The van der Waals surface area contributed by atoms with Crippen LogP contribution in [-0.2, 0) is 17.6 Å². The molecule has 0 radical (unpaired) electrons. The summed E-state index contributed by atoms with van der Waals surface area (Å²) in [6.07, 6.45) is 8.16. The molecule has 1 aliphatic rings. The maximum atomic E-state index is 13.7. The molecule has 1 aliphatic carbocycles. The van der Waals surface area contributed by atoms with Crippen molar-refractivity contribution >= 4 is 40.1 Å². The normalized spacial score (nSPS) is 13.5. The van der Waals surface area contributed by atoms with Crippen LogP contribution in [-0.4, -0.2) is 25.2 Å². The summed E-state index contributed by atoms with van der Waals surface area (Å²) in [6, 6.07) is 16.7. The van der Waals surface area contributed by atoms with Gasteiger partial charge < -0.3 is 14.5 Å². The summed E-state index contributed by atoms with van der Waals surface area (Å²) in [5, 5.41) is 3.87. The van der Waals surface area contributed by atoms with E-state index in [-0.39, 0.29) is 11.9 Å². The maximum Gasteiger partial charge on any atom is 0.337 e. The number of amides is 1. The first-order valence-electron chi connectivity index (χ1n) is 13.3. The molecule has 2 heterocycles. The molecule has 200 valence electrons. The third-order valence-electron chi connectivity index (χ3n) is 7.26. The van der Waals surface area contributed by atoms with Gasteiger partial charge in [0.1, 0.15) is 16.5 Å². The molecule has 6 nitrogen and oxygen atoms in total. The Bertz CT molecular complexity index is 1530. The third-order valence-corrected chi connectivity index (χ3v) is 8.46. The van der Waals surface area contributed by atoms with Crippen LogP contribution in [0.2, 0.25) is 0 Å². The lowest BCUT2D eigenvalue weighted by molar-refractivity contribution is 0.0600. The zero-order valence-corrected chi connectivity index (χ0v) is 23.3. The number of esters is 1. The van der Waals surface area contributed by atoms with Gasteiger partial charge in [0, 0.05) is 16.1 Å². The van der Waals surface area contributed by atoms with Crippen molar-refractivity contribution in [1.29, 1.82) is 0 Å². The third kappa shape index (κ3) is 5.88. The SMILES string of the molecule is COC(=O)c1ccc(-c2ccc(C=Nc3sc4c(c3C(=O)Nc3cccc(C)c3C)CCCCCC4)o2)cc1. The number of aliphatic imine (C=N–C) groups is 1. The number of ether oxygens (including phenoxy) is 1. The number of benzene rings is 2. The number of methoxy groups -OCH3 is 1. The monoisotopic (exact) mass is 540 g/mol. The Morgan fingerprint density at radius 1 is 0.974 bits per heavy atom. The van der Waals surface area contributed by atoms with Crippen molar-refractivity contribution in [2.45, 2.75) is 52.4 Å². The molecule has 0 spiro atoms. The van der Waals surface area contributed by atoms with Crippen molar-refractivity contribution < 1.29 is 18.7 Å². The lowest BCUT2D eigenvalue weighted by Crippen LogP contribution is -2.15. The van der Waals surface area contributed by atoms with E-state index < -0.39 is 0 Å². The average molecular weight is 541 g/mol. The maximum absolute atomic E-state index is 13.7. The number of carbonyl (C=O) groups excluding carboxylic acids is 2. The van der Waals surface area contributed by atoms with E-state index in [1.807, 2.05) is 56.3 Å². The number of nitrogens with one attached hydrogen (secondary N) is 1. The molecule has 4 aromatic rings. The number of carbonyl (C=O) groups is 2. The molecule has 7 heteroatoms. The Hall–Kier alpha value is -3.97. The minimum Gasteiger partial charge on any atom is -0.465 e. The minimum absolute atomic E-state index is 0.111. The molecule has 0 saturated heterocycles. The fourth-order valence-electron chi connectivity index (χ4n) is 4.89. The van der Waals surface area contributed by atoms with Crippen LogP contribution in [0.3, 0.4) is 0 Å². The van der Waals surface area contributed by atoms with Gasteiger partial charge in [-0.25, -0.2) is 9.79 Å². The Morgan fingerprint density at radius 3 is 2.51 bits per heavy atom. The molecular weight excluding hydrogens is 508 g/mol. The Balaban J connectivity index is 1.43. The Morgan fingerprint density at radius 2 is 1.74 bits per heavy atom. The largest absolute Gasteiger partial charge is 0.465 e. The molecule has 2 aromatic carbocycles. The standard InChI is InChI=1S/C32H32N2O4S/c1-20-9-8-11-26(21(20)2)34-30(35)29-25-10-6-4-5-7-12-28(25)39-31(29)33-19-24-17-18-27(38-24)22-13-15-23(16-14-22)32(36)37-3/h8-9,11,13-19H,4-7,10,12H2,1-3H3,(H,34,35). The predicted molar refractivity (Wildman–Crippen MR) is 157 cm³/mol. The molecule has 0 saturated carbocycles. The number of rotatable bonds is 6. The van der Waals surface area contributed by atoms with Crippen LogP contribution in [0.15, 0.2) is 64.0 Å². The second-order valence-electron chi connectivity index (χ2n) is 9.83. The van der Waals surface area contributed by atoms with Crippen molar-refractivity contribution in [3.63, 3.8) is 0 Å². The summed E-state index contributed by atoms with van der Waals surface area (Å²) in [5.74, 6) is 0.763. The molecule has 0 bridgehead atoms. The van der Waals surface area contributed by atoms with Crippen LogP contribution in [0.1, 0.15) is 73.7 Å². The van der Waals surface area contributed by atoms with Gasteiger partial charge in [0.05, 0.1) is 24.5 Å². The average Bonchev–Trinajstić information content (AvgIpc) is 3.54. The quantitative estimate of drug-likeness (QED) is 0.198. The number of aryl methyl sites for hydroxylation is 2. The summed E-state index contributed by atoms with van der Waals surface area (Å²) >= 11 is 1.62. The number of fused-ring (bicyclic) bond motifs is 1. The first-order valence-corrected chi connectivity index (χ1v) is 14.1. The molecule has 1 amide bonds. The van der Waals surface area contributed by atoms with Gasteiger partial charge in [0.2, 0.25) is 0 Å². The van der Waals surface area contributed by atoms with Crippen molar-refractivity contribution in [1.82, 2.24) is 0 Å². The molecule has 0 unspecified atom stereocenters. The number of anilines is 1. The van der Waals surface area contributed by atoms with Crippen molar-refractivity contribution in [2.75, 3.05) is 12.4 Å². The van der Waals surface area contributed by atoms with Crippen LogP contribution in [0, 0.1) is 13.8 Å². The molecule has 5 rings (SSSR count). The number of hydrogen-bond donors (Lipinski definition) is 1. The molecule has 0 atom stereocenters. The zero-order chi connectivity index (χ0) is 27.4. The Labute approximate surface area is 232 Å². The van der Waals surface area contributed by atoms with Gasteiger partial charge in [-0.2, -0.15) is 0 Å². The molecule has 2 aromatic heterocycles. The number of furan rings is 1. The molecule has 0 aliphatic heterocycles. The predicted octanol–water partition coefficient (Wildman–Crippen LogP) is 8.07. The van der Waals surface area contributed by atoms with Gasteiger partial charge in [-0.15, -0.1) is 11.3 Å². The Kier molecular flexibility index (Phi) is 8.07. The molecule has 1 N–H and O–H groups in total. The van der Waals surface area contributed by atoms with Gasteiger partial charge in [-0.05, 0) is 86.6 Å². The highest BCUT2D eigenvalue weighted by atomic mass is 32.1. The minimum atomic E-state index is -0.378. The van der Waals surface area contributed by atoms with E-state index in [9.17, 15) is 9.59 Å². The van der Waals surface area contributed by atoms with Crippen LogP contribution < -0.4 is 5.32 Å². The zero-order valence-electron chi connectivity index (χ0n) is 22.5. The van der Waals surface area contributed by atoms with E-state index in [0.717, 1.165) is 53.6 Å². The molecule has 39 heavy (non-hydrogen) atoms. The van der Waals surface area contributed by atoms with E-state index in [4.69, 9.17) is 14.1 Å². The van der Waals surface area contributed by atoms with E-state index >= 15 is 0 Å². The fourth-order valence-corrected chi connectivity index (χ4v) is 6.12. The second-order valence-corrected chi connectivity index (χ2v) is 10.9. The summed E-state index contributed by atoms with van der Waals surface area (Å²) in [4.78, 5) is 31.4. The second kappa shape index (κ2) is 11.8. The van der Waals surface area contributed by atoms with E-state index in [0.29, 0.717) is 27.6 Å². The molecule has 0 fully saturated rings. The van der Waals surface area contributed by atoms with Crippen molar-refractivity contribution in [3.05, 3.63) is 93.1 Å². The van der Waals surface area contributed by atoms with E-state index in [1.54, 1.807) is 29.7 Å². The van der Waals surface area contributed by atoms with Crippen LogP contribution in [0.25, 0.3) is 11.3 Å². The van der Waals surface area contributed by atoms with E-state index in [1.165, 1.54) is 24.8 Å². The summed E-state index contributed by atoms with van der Waals surface area (Å²) in [5.41, 5.74) is 6.18. The summed E-state index contributed by atoms with van der Waals surface area (Å²) in [7, 11) is 1.36. The highest BCUT2D eigenvalue weighted by Gasteiger charge is 2.24. The van der Waals surface area contributed by atoms with Crippen molar-refractivity contribution in [3.8, 4) is 11.3 Å². The lowest BCUT2D eigenvalue weighted by Gasteiger charge is -2.13. The first kappa shape index (κ1) is 26.6. The highest BCUT2D eigenvalue weighted by molar-refractivity contribution is 7.16. The van der Waals surface area contributed by atoms with Gasteiger partial charge in [-0.1, -0.05) is 37.1 Å². The topological polar surface area (TPSA) is 80.9 Å². The van der Waals surface area contributed by atoms with Crippen LogP contribution in [0.4, 0.5) is 10.7 Å². The van der Waals surface area contributed by atoms with Gasteiger partial charge >= 0.3 is 5.97 Å². The number of hydrogen-bond acceptors (Lipinski definition) is 6. The van der Waals surface area contributed by atoms with Gasteiger partial charge in [-0.3, -0.25) is 4.79 Å². The lowest BCUT2D eigenvalue weighted by atomic mass is 9.96. The smallest absolute Gasteiger partial charge is 0.337 e. The van der Waals surface area contributed by atoms with Gasteiger partial charge in [0.15, 0.2) is 0 Å². The summed E-state index contributed by atoms with van der Waals surface area (Å²) in [6.45, 7) is 4.08. The number of thiophene rings is 1. The highest BCUT2D eigenvalue weighted by Crippen LogP contribution is 2.39. The summed E-state index contributed by atoms with van der Waals surface area (Å²) < 4.78 is 10.8. The first-order chi connectivity index (χ1) is 18.9. The van der Waals surface area contributed by atoms with Crippen molar-refractivity contribution in [2.24, 2.45) is 4.99 Å². The molecular formula is C32H32N2O4S. The van der Waals surface area contributed by atoms with Crippen LogP contribution >= 0.6 is 11.3 Å². The fraction of sp³-hybridized carbons (Fsp3) is 0.281.